The van der Waals surface area contributed by atoms with Gasteiger partial charge in [-0.2, -0.15) is 10.5 Å². The van der Waals surface area contributed by atoms with Crippen molar-refractivity contribution < 1.29 is 9.21 Å². The first kappa shape index (κ1) is 21.7. The zero-order valence-corrected chi connectivity index (χ0v) is 17.7. The highest BCUT2D eigenvalue weighted by Gasteiger charge is 2.22. The number of nitrogens with zero attached hydrogens (tertiary/aromatic N) is 7. The number of piperidine rings is 1. The van der Waals surface area contributed by atoms with E-state index in [2.05, 4.69) is 27.2 Å². The van der Waals surface area contributed by atoms with Gasteiger partial charge in [-0.3, -0.25) is 9.36 Å². The van der Waals surface area contributed by atoms with E-state index in [1.54, 1.807) is 11.2 Å². The summed E-state index contributed by atoms with van der Waals surface area (Å²) in [6.07, 6.45) is 5.60. The van der Waals surface area contributed by atoms with E-state index in [9.17, 15) is 4.79 Å². The van der Waals surface area contributed by atoms with Crippen LogP contribution in [0.2, 0.25) is 0 Å². The van der Waals surface area contributed by atoms with Crippen molar-refractivity contribution >= 4 is 23.6 Å². The number of amides is 1. The summed E-state index contributed by atoms with van der Waals surface area (Å²) in [5, 5.41) is 27.1. The van der Waals surface area contributed by atoms with Crippen LogP contribution in [0.25, 0.3) is 0 Å². The molecule has 0 spiro atoms. The molecule has 9 nitrogen and oxygen atoms in total. The van der Waals surface area contributed by atoms with E-state index >= 15 is 0 Å². The highest BCUT2D eigenvalue weighted by molar-refractivity contribution is 7.99. The lowest BCUT2D eigenvalue weighted by Crippen LogP contribution is -2.34. The normalized spacial score (nSPS) is 13.6. The molecule has 1 saturated heterocycles. The van der Waals surface area contributed by atoms with Crippen molar-refractivity contribution in [1.29, 1.82) is 10.5 Å². The Morgan fingerprint density at radius 1 is 1.17 bits per heavy atom. The average Bonchev–Trinajstić information content (AvgIpc) is 3.43. The van der Waals surface area contributed by atoms with Gasteiger partial charge in [0, 0.05) is 26.2 Å². The third-order valence-corrected chi connectivity index (χ3v) is 5.85. The summed E-state index contributed by atoms with van der Waals surface area (Å²) in [6.45, 7) is 3.03. The van der Waals surface area contributed by atoms with Gasteiger partial charge in [0.05, 0.1) is 43.5 Å². The van der Waals surface area contributed by atoms with Crippen LogP contribution in [0, 0.1) is 22.7 Å². The lowest BCUT2D eigenvalue weighted by Gasteiger charge is -2.27. The Hall–Kier alpha value is -2.98. The topological polar surface area (TPSA) is 115 Å². The van der Waals surface area contributed by atoms with Crippen LogP contribution < -0.4 is 4.90 Å². The van der Waals surface area contributed by atoms with E-state index < -0.39 is 0 Å². The van der Waals surface area contributed by atoms with Crippen LogP contribution in [0.1, 0.15) is 37.9 Å². The molecule has 1 fully saturated rings. The minimum atomic E-state index is -0.113. The van der Waals surface area contributed by atoms with Crippen molar-refractivity contribution in [2.75, 3.05) is 36.8 Å². The minimum Gasteiger partial charge on any atom is -0.467 e. The third-order valence-electron chi connectivity index (χ3n) is 4.89. The number of aromatic nitrogens is 3. The largest absolute Gasteiger partial charge is 0.467 e. The van der Waals surface area contributed by atoms with Crippen molar-refractivity contribution in [3.8, 4) is 12.1 Å². The molecule has 3 rings (SSSR count). The van der Waals surface area contributed by atoms with E-state index in [1.165, 1.54) is 18.2 Å². The summed E-state index contributed by atoms with van der Waals surface area (Å²) in [6, 6.07) is 7.86. The summed E-state index contributed by atoms with van der Waals surface area (Å²) >= 11 is 1.32. The molecule has 30 heavy (non-hydrogen) atoms. The maximum atomic E-state index is 12.7. The summed E-state index contributed by atoms with van der Waals surface area (Å²) in [5.74, 6) is 1.66. The summed E-state index contributed by atoms with van der Waals surface area (Å²) in [5.41, 5.74) is 0. The number of hydrogen-bond acceptors (Lipinski definition) is 8. The van der Waals surface area contributed by atoms with Gasteiger partial charge >= 0.3 is 0 Å². The molecular formula is C20H25N7O2S. The molecule has 1 aliphatic rings. The van der Waals surface area contributed by atoms with Crippen LogP contribution in [0.5, 0.6) is 0 Å². The molecule has 0 saturated carbocycles. The van der Waals surface area contributed by atoms with Crippen LogP contribution in [0.15, 0.2) is 28.0 Å². The van der Waals surface area contributed by atoms with E-state index in [1.807, 2.05) is 16.7 Å². The molecule has 2 aromatic rings. The molecule has 0 atom stereocenters. The second kappa shape index (κ2) is 11.3. The molecule has 0 unspecified atom stereocenters. The van der Waals surface area contributed by atoms with Crippen LogP contribution in [0.3, 0.4) is 0 Å². The molecule has 158 valence electrons. The summed E-state index contributed by atoms with van der Waals surface area (Å²) < 4.78 is 7.51. The Bertz CT molecular complexity index is 873. The molecule has 1 aliphatic heterocycles. The van der Waals surface area contributed by atoms with Crippen molar-refractivity contribution in [2.24, 2.45) is 0 Å². The van der Waals surface area contributed by atoms with Crippen LogP contribution in [0.4, 0.5) is 5.95 Å². The monoisotopic (exact) mass is 427 g/mol. The Balaban J connectivity index is 1.72. The summed E-state index contributed by atoms with van der Waals surface area (Å²) in [7, 11) is 0. The molecule has 0 bridgehead atoms. The molecule has 2 aromatic heterocycles. The first-order valence-corrected chi connectivity index (χ1v) is 11.1. The Labute approximate surface area is 180 Å². The Morgan fingerprint density at radius 3 is 2.53 bits per heavy atom. The van der Waals surface area contributed by atoms with Gasteiger partial charge in [0.25, 0.3) is 0 Å². The highest BCUT2D eigenvalue weighted by Crippen LogP contribution is 2.26. The number of anilines is 1. The van der Waals surface area contributed by atoms with Crippen molar-refractivity contribution in [2.45, 2.75) is 43.8 Å². The first-order valence-electron chi connectivity index (χ1n) is 10.1. The fourth-order valence-electron chi connectivity index (χ4n) is 3.36. The second-order valence-electron chi connectivity index (χ2n) is 6.98. The van der Waals surface area contributed by atoms with E-state index in [0.29, 0.717) is 24.8 Å². The Kier molecular flexibility index (Phi) is 8.16. The van der Waals surface area contributed by atoms with Crippen molar-refractivity contribution in [1.82, 2.24) is 19.7 Å². The number of carbonyl (C=O) groups excluding carboxylic acids is 1. The van der Waals surface area contributed by atoms with Crippen molar-refractivity contribution in [3.05, 3.63) is 24.2 Å². The maximum absolute atomic E-state index is 12.7. The van der Waals surface area contributed by atoms with Gasteiger partial charge in [-0.15, -0.1) is 10.2 Å². The molecule has 10 heteroatoms. The number of carbonyl (C=O) groups is 1. The number of hydrogen-bond donors (Lipinski definition) is 0. The molecule has 1 amide bonds. The first-order chi connectivity index (χ1) is 14.7. The lowest BCUT2D eigenvalue weighted by atomic mass is 10.1. The van der Waals surface area contributed by atoms with Crippen molar-refractivity contribution in [3.63, 3.8) is 0 Å². The van der Waals surface area contributed by atoms with E-state index in [0.717, 1.165) is 37.6 Å². The third kappa shape index (κ3) is 5.77. The number of nitriles is 2. The SMILES string of the molecule is N#CCCN(CCC#N)C(=O)CSc1nnc(N2CCCCC2)n1Cc1ccco1. The van der Waals surface area contributed by atoms with Crippen LogP contribution in [-0.2, 0) is 11.3 Å². The van der Waals surface area contributed by atoms with Gasteiger partial charge in [-0.1, -0.05) is 11.8 Å². The standard InChI is InChI=1S/C20H25N7O2S/c21-8-5-12-25(13-6-9-22)18(28)16-30-20-24-23-19(26-10-2-1-3-11-26)27(20)15-17-7-4-14-29-17/h4,7,14H,1-3,5-6,10-13,15-16H2. The maximum Gasteiger partial charge on any atom is 0.233 e. The molecule has 3 heterocycles. The van der Waals surface area contributed by atoms with Gasteiger partial charge in [0.15, 0.2) is 5.16 Å². The second-order valence-corrected chi connectivity index (χ2v) is 7.92. The zero-order valence-electron chi connectivity index (χ0n) is 16.9. The van der Waals surface area contributed by atoms with Gasteiger partial charge in [0.1, 0.15) is 5.76 Å². The lowest BCUT2D eigenvalue weighted by molar-refractivity contribution is -0.128. The molecule has 0 radical (unpaired) electrons. The average molecular weight is 428 g/mol. The quantitative estimate of drug-likeness (QED) is 0.532. The van der Waals surface area contributed by atoms with Gasteiger partial charge in [-0.05, 0) is 31.4 Å². The molecule has 0 aliphatic carbocycles. The summed E-state index contributed by atoms with van der Waals surface area (Å²) in [4.78, 5) is 16.5. The fourth-order valence-corrected chi connectivity index (χ4v) is 4.20. The van der Waals surface area contributed by atoms with E-state index in [4.69, 9.17) is 14.9 Å². The molecule has 0 N–H and O–H groups in total. The number of furan rings is 1. The van der Waals surface area contributed by atoms with Crippen LogP contribution >= 0.6 is 11.8 Å². The smallest absolute Gasteiger partial charge is 0.233 e. The number of thioether (sulfide) groups is 1. The van der Waals surface area contributed by atoms with Crippen LogP contribution in [-0.4, -0.2) is 57.5 Å². The van der Waals surface area contributed by atoms with E-state index in [-0.39, 0.29) is 24.5 Å². The van der Waals surface area contributed by atoms with Gasteiger partial charge in [0.2, 0.25) is 11.9 Å². The Morgan fingerprint density at radius 2 is 1.90 bits per heavy atom. The molecule has 0 aromatic carbocycles. The molecular weight excluding hydrogens is 402 g/mol. The van der Waals surface area contributed by atoms with Gasteiger partial charge < -0.3 is 14.2 Å². The fraction of sp³-hybridized carbons (Fsp3) is 0.550. The zero-order chi connectivity index (χ0) is 21.2. The predicted molar refractivity (Wildman–Crippen MR) is 112 cm³/mol. The highest BCUT2D eigenvalue weighted by atomic mass is 32.2. The minimum absolute atomic E-state index is 0.113. The number of rotatable bonds is 10. The predicted octanol–water partition coefficient (Wildman–Crippen LogP) is 2.66. The van der Waals surface area contributed by atoms with Gasteiger partial charge in [-0.25, -0.2) is 0 Å².